The van der Waals surface area contributed by atoms with E-state index >= 15 is 0 Å². The molecule has 0 aliphatic heterocycles. The molecule has 4 aromatic rings. The second-order valence-corrected chi connectivity index (χ2v) is 31.3. The third kappa shape index (κ3) is 20.8. The van der Waals surface area contributed by atoms with Crippen LogP contribution in [-0.2, 0) is 8.23 Å². The molecule has 356 valence electrons. The van der Waals surface area contributed by atoms with Gasteiger partial charge in [0.25, 0.3) is 0 Å². The van der Waals surface area contributed by atoms with Gasteiger partial charge in [-0.15, -0.1) is 0 Å². The molecule has 0 aliphatic rings. The standard InChI is InChI=1S/C52H76O10Si3/c1-11-41(3)39-57-47-27-31-49(32-28-47)59-51(53)43-19-23-45(24-20-43)55-35-15-13-17-37-63(5,6)61-65(9,10)62-64(7,8)38-18-14-16-36-56-46-25-21-44(22-26-46)52(54)60-50-33-29-48(30-34-50)58-40-42(4)12-2/h19-34,41-42H,11-18,35-40H2,1-10H3. The fourth-order valence-electron chi connectivity index (χ4n) is 7.12. The van der Waals surface area contributed by atoms with Gasteiger partial charge in [0.1, 0.15) is 34.5 Å². The topological polar surface area (TPSA) is 108 Å². The maximum Gasteiger partial charge on any atom is 0.343 e. The lowest BCUT2D eigenvalue weighted by molar-refractivity contribution is 0.0725. The van der Waals surface area contributed by atoms with E-state index in [1.807, 2.05) is 48.5 Å². The molecule has 4 aromatic carbocycles. The predicted molar refractivity (Wildman–Crippen MR) is 269 cm³/mol. The lowest BCUT2D eigenvalue weighted by Gasteiger charge is -2.39. The van der Waals surface area contributed by atoms with Crippen LogP contribution < -0.4 is 28.4 Å². The number of benzene rings is 4. The number of ether oxygens (including phenoxy) is 6. The Morgan fingerprint density at radius 3 is 1.08 bits per heavy atom. The van der Waals surface area contributed by atoms with Gasteiger partial charge in [0.15, 0.2) is 16.6 Å². The van der Waals surface area contributed by atoms with E-state index in [1.165, 1.54) is 0 Å². The number of hydrogen-bond donors (Lipinski definition) is 0. The van der Waals surface area contributed by atoms with E-state index < -0.39 is 37.1 Å². The van der Waals surface area contributed by atoms with E-state index in [4.69, 9.17) is 36.7 Å². The Morgan fingerprint density at radius 2 is 0.738 bits per heavy atom. The molecule has 0 aromatic heterocycles. The summed E-state index contributed by atoms with van der Waals surface area (Å²) in [5.41, 5.74) is 0.934. The molecule has 0 bridgehead atoms. The van der Waals surface area contributed by atoms with Crippen LogP contribution in [-0.4, -0.2) is 63.6 Å². The van der Waals surface area contributed by atoms with Crippen LogP contribution in [0.5, 0.6) is 34.5 Å². The smallest absolute Gasteiger partial charge is 0.343 e. The molecule has 0 radical (unpaired) electrons. The minimum atomic E-state index is -2.31. The summed E-state index contributed by atoms with van der Waals surface area (Å²) in [5, 5.41) is 0. The van der Waals surface area contributed by atoms with Crippen LogP contribution in [0, 0.1) is 11.8 Å². The van der Waals surface area contributed by atoms with Crippen molar-refractivity contribution in [2.45, 2.75) is 130 Å². The van der Waals surface area contributed by atoms with Gasteiger partial charge in [0, 0.05) is 0 Å². The van der Waals surface area contributed by atoms with Crippen LogP contribution in [0.15, 0.2) is 97.1 Å². The van der Waals surface area contributed by atoms with Crippen molar-refractivity contribution in [1.29, 1.82) is 0 Å². The largest absolute Gasteiger partial charge is 0.494 e. The SMILES string of the molecule is CCC(C)COc1ccc(OC(=O)c2ccc(OCCCCC[Si](C)(C)O[Si](C)(C)O[Si](C)(C)CCCCCOc3ccc(C(=O)Oc4ccc(OCC(C)CC)cc4)cc3)cc2)cc1. The van der Waals surface area contributed by atoms with E-state index in [9.17, 15) is 9.59 Å². The molecule has 0 aliphatic carbocycles. The van der Waals surface area contributed by atoms with Gasteiger partial charge in [-0.25, -0.2) is 9.59 Å². The number of carbonyl (C=O) groups excluding carboxylic acids is 2. The van der Waals surface area contributed by atoms with Gasteiger partial charge in [-0.3, -0.25) is 0 Å². The first-order valence-electron chi connectivity index (χ1n) is 23.7. The predicted octanol–water partition coefficient (Wildman–Crippen LogP) is 13.9. The van der Waals surface area contributed by atoms with E-state index in [0.717, 1.165) is 86.5 Å². The molecular weight excluding hydrogens is 869 g/mol. The third-order valence-electron chi connectivity index (χ3n) is 11.1. The van der Waals surface area contributed by atoms with Crippen molar-refractivity contribution in [2.75, 3.05) is 26.4 Å². The summed E-state index contributed by atoms with van der Waals surface area (Å²) in [6.45, 7) is 24.8. The van der Waals surface area contributed by atoms with Gasteiger partial charge in [-0.2, -0.15) is 0 Å². The highest BCUT2D eigenvalue weighted by atomic mass is 28.5. The Bertz CT molecular complexity index is 1840. The molecule has 0 saturated carbocycles. The Hall–Kier alpha value is -4.41. The quantitative estimate of drug-likeness (QED) is 0.0217. The molecule has 2 unspecified atom stereocenters. The van der Waals surface area contributed by atoms with Gasteiger partial charge in [0.2, 0.25) is 0 Å². The van der Waals surface area contributed by atoms with Crippen LogP contribution in [0.25, 0.3) is 0 Å². The zero-order valence-corrected chi connectivity index (χ0v) is 43.9. The van der Waals surface area contributed by atoms with Crippen LogP contribution in [0.2, 0.25) is 51.4 Å². The lowest BCUT2D eigenvalue weighted by Crippen LogP contribution is -2.52. The Morgan fingerprint density at radius 1 is 0.431 bits per heavy atom. The van der Waals surface area contributed by atoms with Crippen molar-refractivity contribution in [2.24, 2.45) is 11.8 Å². The Labute approximate surface area is 393 Å². The van der Waals surface area contributed by atoms with E-state index in [2.05, 4.69) is 67.0 Å². The second-order valence-electron chi connectivity index (χ2n) is 18.9. The van der Waals surface area contributed by atoms with Crippen molar-refractivity contribution in [1.82, 2.24) is 0 Å². The maximum atomic E-state index is 12.7. The molecule has 0 amide bonds. The van der Waals surface area contributed by atoms with Gasteiger partial charge in [-0.1, -0.05) is 66.2 Å². The summed E-state index contributed by atoms with van der Waals surface area (Å²) in [5.74, 6) is 4.09. The molecule has 0 fully saturated rings. The molecule has 4 rings (SSSR count). The van der Waals surface area contributed by atoms with Crippen LogP contribution >= 0.6 is 0 Å². The number of esters is 2. The van der Waals surface area contributed by atoms with Crippen molar-refractivity contribution in [3.63, 3.8) is 0 Å². The highest BCUT2D eigenvalue weighted by Crippen LogP contribution is 2.28. The van der Waals surface area contributed by atoms with E-state index in [-0.39, 0.29) is 0 Å². The number of rotatable bonds is 30. The van der Waals surface area contributed by atoms with Gasteiger partial charge in [-0.05, 0) is 173 Å². The van der Waals surface area contributed by atoms with Crippen LogP contribution in [0.1, 0.15) is 99.8 Å². The Kier molecular flexibility index (Phi) is 21.8. The van der Waals surface area contributed by atoms with Gasteiger partial charge in [0.05, 0.1) is 37.6 Å². The van der Waals surface area contributed by atoms with E-state index in [1.54, 1.807) is 48.5 Å². The highest BCUT2D eigenvalue weighted by molar-refractivity contribution is 6.87. The van der Waals surface area contributed by atoms with Gasteiger partial charge < -0.3 is 36.7 Å². The van der Waals surface area contributed by atoms with Gasteiger partial charge >= 0.3 is 20.5 Å². The van der Waals surface area contributed by atoms with Crippen molar-refractivity contribution >= 4 is 37.1 Å². The van der Waals surface area contributed by atoms with Crippen molar-refractivity contribution in [3.05, 3.63) is 108 Å². The molecule has 10 nitrogen and oxygen atoms in total. The minimum Gasteiger partial charge on any atom is -0.494 e. The first-order chi connectivity index (χ1) is 30.9. The number of hydrogen-bond acceptors (Lipinski definition) is 10. The number of unbranched alkanes of at least 4 members (excludes halogenated alkanes) is 4. The molecule has 0 spiro atoms. The number of carbonyl (C=O) groups is 2. The van der Waals surface area contributed by atoms with Crippen LogP contribution in [0.3, 0.4) is 0 Å². The molecule has 2 atom stereocenters. The van der Waals surface area contributed by atoms with Crippen LogP contribution in [0.4, 0.5) is 0 Å². The van der Waals surface area contributed by atoms with E-state index in [0.29, 0.717) is 60.9 Å². The summed E-state index contributed by atoms with van der Waals surface area (Å²) in [6.07, 6.45) is 8.31. The Balaban J connectivity index is 1.04. The monoisotopic (exact) mass is 944 g/mol. The van der Waals surface area contributed by atoms with Crippen molar-refractivity contribution < 1.29 is 46.2 Å². The molecule has 65 heavy (non-hydrogen) atoms. The molecule has 0 N–H and O–H groups in total. The summed E-state index contributed by atoms with van der Waals surface area (Å²) in [6, 6.07) is 30.6. The maximum absolute atomic E-state index is 12.7. The van der Waals surface area contributed by atoms with Crippen molar-refractivity contribution in [3.8, 4) is 34.5 Å². The average Bonchev–Trinajstić information content (AvgIpc) is 3.27. The summed E-state index contributed by atoms with van der Waals surface area (Å²) >= 11 is 0. The zero-order valence-electron chi connectivity index (χ0n) is 40.9. The first kappa shape index (κ1) is 53.2. The summed E-state index contributed by atoms with van der Waals surface area (Å²) in [7, 11) is -6.14. The zero-order chi connectivity index (χ0) is 47.3. The summed E-state index contributed by atoms with van der Waals surface area (Å²) < 4.78 is 48.4. The average molecular weight is 945 g/mol. The first-order valence-corrected chi connectivity index (χ1v) is 32.8. The summed E-state index contributed by atoms with van der Waals surface area (Å²) in [4.78, 5) is 25.4. The fourth-order valence-corrected chi connectivity index (χ4v) is 21.3. The lowest BCUT2D eigenvalue weighted by atomic mass is 10.1. The fraction of sp³-hybridized carbons (Fsp3) is 0.500. The molecule has 13 heteroatoms. The highest BCUT2D eigenvalue weighted by Gasteiger charge is 2.39. The minimum absolute atomic E-state index is 0.413. The normalized spacial score (nSPS) is 12.8. The third-order valence-corrected chi connectivity index (χ3v) is 22.6. The molecule has 0 heterocycles. The second kappa shape index (κ2) is 26.7. The molecule has 0 saturated heterocycles. The molecular formula is C52H76O10Si3.